The van der Waals surface area contributed by atoms with E-state index in [-0.39, 0.29) is 12.2 Å². The van der Waals surface area contributed by atoms with Crippen LogP contribution in [0.2, 0.25) is 0 Å². The highest BCUT2D eigenvalue weighted by atomic mass is 19.4. The van der Waals surface area contributed by atoms with Crippen LogP contribution in [0, 0.1) is 0 Å². The molecule has 1 atom stereocenters. The molecule has 0 saturated carbocycles. The van der Waals surface area contributed by atoms with Crippen molar-refractivity contribution in [3.05, 3.63) is 58.3 Å². The summed E-state index contributed by atoms with van der Waals surface area (Å²) in [6.07, 6.45) is -0.406. The number of hydrogen-bond donors (Lipinski definition) is 1. The standard InChI is InChI=1S/C15H12F3N3O/c16-15(17,18)9-4-3-5-10(8-9)21-12-7-2-1-6-11(12)13(22)14(19)20-21/h1-3,5-8,10H,4H2,(H2,19,20). The number of benzene rings is 1. The van der Waals surface area contributed by atoms with Gasteiger partial charge in [-0.3, -0.25) is 9.48 Å². The average Bonchev–Trinajstić information content (AvgIpc) is 2.50. The van der Waals surface area contributed by atoms with Gasteiger partial charge < -0.3 is 5.73 Å². The predicted molar refractivity (Wildman–Crippen MR) is 77.3 cm³/mol. The molecular weight excluding hydrogens is 295 g/mol. The molecule has 22 heavy (non-hydrogen) atoms. The van der Waals surface area contributed by atoms with Gasteiger partial charge in [-0.05, 0) is 24.6 Å². The maximum absolute atomic E-state index is 12.9. The molecule has 2 aromatic rings. The average molecular weight is 307 g/mol. The molecule has 0 bridgehead atoms. The Bertz CT molecular complexity index is 849. The zero-order chi connectivity index (χ0) is 15.9. The summed E-state index contributed by atoms with van der Waals surface area (Å²) < 4.78 is 40.0. The van der Waals surface area contributed by atoms with Crippen molar-refractivity contribution in [2.24, 2.45) is 0 Å². The Morgan fingerprint density at radius 1 is 1.27 bits per heavy atom. The summed E-state index contributed by atoms with van der Waals surface area (Å²) in [4.78, 5) is 12.0. The van der Waals surface area contributed by atoms with Gasteiger partial charge in [0.1, 0.15) is 0 Å². The lowest BCUT2D eigenvalue weighted by Crippen LogP contribution is -2.22. The van der Waals surface area contributed by atoms with E-state index in [9.17, 15) is 18.0 Å². The number of anilines is 1. The van der Waals surface area contributed by atoms with Crippen LogP contribution in [0.25, 0.3) is 10.9 Å². The van der Waals surface area contributed by atoms with E-state index in [0.29, 0.717) is 10.9 Å². The molecule has 1 unspecified atom stereocenters. The fraction of sp³-hybridized carbons (Fsp3) is 0.200. The van der Waals surface area contributed by atoms with Gasteiger partial charge in [0.15, 0.2) is 5.82 Å². The van der Waals surface area contributed by atoms with Crippen LogP contribution < -0.4 is 11.2 Å². The molecule has 0 radical (unpaired) electrons. The topological polar surface area (TPSA) is 60.9 Å². The first-order chi connectivity index (χ1) is 10.4. The van der Waals surface area contributed by atoms with E-state index >= 15 is 0 Å². The number of hydrogen-bond acceptors (Lipinski definition) is 3. The smallest absolute Gasteiger partial charge is 0.379 e. The number of nitrogens with two attached hydrogens (primary N) is 1. The van der Waals surface area contributed by atoms with Crippen molar-refractivity contribution < 1.29 is 13.2 Å². The summed E-state index contributed by atoms with van der Waals surface area (Å²) >= 11 is 0. The summed E-state index contributed by atoms with van der Waals surface area (Å²) in [6, 6.07) is 5.83. The number of allylic oxidation sites excluding steroid dienone is 4. The van der Waals surface area contributed by atoms with Crippen LogP contribution in [0.3, 0.4) is 0 Å². The normalized spacial score (nSPS) is 18.5. The monoisotopic (exact) mass is 307 g/mol. The van der Waals surface area contributed by atoms with Crippen LogP contribution in [-0.2, 0) is 0 Å². The third-order valence-electron chi connectivity index (χ3n) is 3.53. The minimum absolute atomic E-state index is 0.173. The second-order valence-corrected chi connectivity index (χ2v) is 4.99. The van der Waals surface area contributed by atoms with Gasteiger partial charge in [0.2, 0.25) is 5.43 Å². The summed E-state index contributed by atoms with van der Waals surface area (Å²) in [5, 5.41) is 4.29. The van der Waals surface area contributed by atoms with Crippen molar-refractivity contribution in [1.82, 2.24) is 9.78 Å². The number of aromatic nitrogens is 2. The summed E-state index contributed by atoms with van der Waals surface area (Å²) in [6.45, 7) is 0. The zero-order valence-electron chi connectivity index (χ0n) is 11.3. The van der Waals surface area contributed by atoms with Crippen molar-refractivity contribution in [3.8, 4) is 0 Å². The second-order valence-electron chi connectivity index (χ2n) is 4.99. The molecule has 0 fully saturated rings. The van der Waals surface area contributed by atoms with Crippen LogP contribution in [-0.4, -0.2) is 16.0 Å². The van der Waals surface area contributed by atoms with Crippen molar-refractivity contribution >= 4 is 16.7 Å². The number of nitrogens with zero attached hydrogens (tertiary/aromatic N) is 2. The van der Waals surface area contributed by atoms with E-state index in [2.05, 4.69) is 5.10 Å². The Balaban J connectivity index is 2.21. The second kappa shape index (κ2) is 5.01. The quantitative estimate of drug-likeness (QED) is 0.824. The highest BCUT2D eigenvalue weighted by molar-refractivity contribution is 5.80. The highest BCUT2D eigenvalue weighted by Gasteiger charge is 2.34. The van der Waals surface area contributed by atoms with Crippen LogP contribution in [0.15, 0.2) is 52.9 Å². The predicted octanol–water partition coefficient (Wildman–Crippen LogP) is 2.97. The summed E-state index contributed by atoms with van der Waals surface area (Å²) in [5.74, 6) is -0.236. The van der Waals surface area contributed by atoms with Crippen molar-refractivity contribution in [2.45, 2.75) is 18.6 Å². The minimum Gasteiger partial charge on any atom is -0.379 e. The Kier molecular flexibility index (Phi) is 3.27. The summed E-state index contributed by atoms with van der Waals surface area (Å²) in [7, 11) is 0. The van der Waals surface area contributed by atoms with Crippen LogP contribution in [0.4, 0.5) is 19.0 Å². The van der Waals surface area contributed by atoms with E-state index in [1.807, 2.05) is 0 Å². The molecule has 3 rings (SSSR count). The zero-order valence-corrected chi connectivity index (χ0v) is 11.3. The van der Waals surface area contributed by atoms with Gasteiger partial charge in [-0.1, -0.05) is 24.3 Å². The minimum atomic E-state index is -4.39. The first-order valence-corrected chi connectivity index (χ1v) is 6.59. The molecule has 114 valence electrons. The fourth-order valence-electron chi connectivity index (χ4n) is 2.47. The number of rotatable bonds is 1. The molecule has 0 spiro atoms. The van der Waals surface area contributed by atoms with E-state index in [1.54, 1.807) is 30.3 Å². The molecule has 0 saturated heterocycles. The molecule has 1 aromatic heterocycles. The molecular formula is C15H12F3N3O. The van der Waals surface area contributed by atoms with E-state index < -0.39 is 23.2 Å². The molecule has 2 N–H and O–H groups in total. The molecule has 0 aliphatic heterocycles. The van der Waals surface area contributed by atoms with Crippen molar-refractivity contribution in [3.63, 3.8) is 0 Å². The van der Waals surface area contributed by atoms with Crippen LogP contribution in [0.5, 0.6) is 0 Å². The third kappa shape index (κ3) is 2.38. The highest BCUT2D eigenvalue weighted by Crippen LogP contribution is 2.34. The molecule has 1 heterocycles. The lowest BCUT2D eigenvalue weighted by Gasteiger charge is -2.21. The molecule has 7 heteroatoms. The molecule has 4 nitrogen and oxygen atoms in total. The SMILES string of the molecule is Nc1nn(C2C=CCC(C(F)(F)F)=C2)c2ccccc2c1=O. The Morgan fingerprint density at radius 3 is 2.73 bits per heavy atom. The number of nitrogen functional groups attached to an aromatic ring is 1. The molecule has 1 aromatic carbocycles. The molecule has 1 aliphatic carbocycles. The van der Waals surface area contributed by atoms with Gasteiger partial charge in [0, 0.05) is 5.57 Å². The number of para-hydroxylation sites is 1. The van der Waals surface area contributed by atoms with Gasteiger partial charge in [-0.2, -0.15) is 13.2 Å². The summed E-state index contributed by atoms with van der Waals surface area (Å²) in [5.41, 5.74) is 4.98. The molecule has 1 aliphatic rings. The third-order valence-corrected chi connectivity index (χ3v) is 3.53. The molecule has 0 amide bonds. The van der Waals surface area contributed by atoms with Crippen LogP contribution in [0.1, 0.15) is 12.5 Å². The van der Waals surface area contributed by atoms with E-state index in [4.69, 9.17) is 5.73 Å². The van der Waals surface area contributed by atoms with Gasteiger partial charge in [-0.15, -0.1) is 5.10 Å². The fourth-order valence-corrected chi connectivity index (χ4v) is 2.47. The van der Waals surface area contributed by atoms with Crippen molar-refractivity contribution in [1.29, 1.82) is 0 Å². The van der Waals surface area contributed by atoms with E-state index in [0.717, 1.165) is 6.08 Å². The first kappa shape index (κ1) is 14.4. The Morgan fingerprint density at radius 2 is 2.00 bits per heavy atom. The number of fused-ring (bicyclic) bond motifs is 1. The van der Waals surface area contributed by atoms with Crippen LogP contribution >= 0.6 is 0 Å². The lowest BCUT2D eigenvalue weighted by molar-refractivity contribution is -0.0935. The van der Waals surface area contributed by atoms with Gasteiger partial charge >= 0.3 is 6.18 Å². The van der Waals surface area contributed by atoms with Gasteiger partial charge in [-0.25, -0.2) is 0 Å². The van der Waals surface area contributed by atoms with Gasteiger partial charge in [0.25, 0.3) is 0 Å². The Hall–Kier alpha value is -2.57. The first-order valence-electron chi connectivity index (χ1n) is 6.59. The number of alkyl halides is 3. The van der Waals surface area contributed by atoms with Crippen molar-refractivity contribution in [2.75, 3.05) is 5.73 Å². The largest absolute Gasteiger partial charge is 0.412 e. The Labute approximate surface area is 123 Å². The maximum Gasteiger partial charge on any atom is 0.412 e. The lowest BCUT2D eigenvalue weighted by atomic mass is 10.0. The number of halogens is 3. The van der Waals surface area contributed by atoms with Gasteiger partial charge in [0.05, 0.1) is 16.9 Å². The van der Waals surface area contributed by atoms with E-state index in [1.165, 1.54) is 10.8 Å². The maximum atomic E-state index is 12.9.